The molecular weight excluding hydrogens is 517 g/mol. The van der Waals surface area contributed by atoms with Crippen LogP contribution in [-0.2, 0) is 11.4 Å². The Kier molecular flexibility index (Phi) is 7.72. The van der Waals surface area contributed by atoms with E-state index in [-0.39, 0.29) is 17.8 Å². The van der Waals surface area contributed by atoms with E-state index in [4.69, 9.17) is 22.1 Å². The van der Waals surface area contributed by atoms with Crippen LogP contribution in [-0.4, -0.2) is 30.9 Å². The molecule has 0 spiro atoms. The van der Waals surface area contributed by atoms with Crippen LogP contribution in [0.3, 0.4) is 0 Å². The molecule has 0 N–H and O–H groups in total. The van der Waals surface area contributed by atoms with Crippen LogP contribution in [0.2, 0.25) is 0 Å². The maximum Gasteiger partial charge on any atom is 0.266 e. The molecule has 5 rings (SSSR count). The third-order valence-corrected chi connectivity index (χ3v) is 7.68. The fourth-order valence-electron chi connectivity index (χ4n) is 4.07. The van der Waals surface area contributed by atoms with Gasteiger partial charge in [-0.25, -0.2) is 9.07 Å². The minimum absolute atomic E-state index is 0.0439. The van der Waals surface area contributed by atoms with E-state index in [1.54, 1.807) is 17.0 Å². The summed E-state index contributed by atoms with van der Waals surface area (Å²) in [5, 5.41) is 4.87. The lowest BCUT2D eigenvalue weighted by molar-refractivity contribution is -0.123. The van der Waals surface area contributed by atoms with Crippen LogP contribution < -0.4 is 4.74 Å². The van der Waals surface area contributed by atoms with Crippen molar-refractivity contribution in [3.05, 3.63) is 107 Å². The Hall–Kier alpha value is -3.75. The number of rotatable bonds is 8. The van der Waals surface area contributed by atoms with E-state index in [9.17, 15) is 9.18 Å². The molecule has 0 radical (unpaired) electrons. The number of carbonyl (C=O) groups is 1. The maximum atomic E-state index is 13.2. The average Bonchev–Trinajstić information content (AvgIpc) is 3.49. The number of aromatic nitrogens is 2. The van der Waals surface area contributed by atoms with Gasteiger partial charge in [-0.2, -0.15) is 5.10 Å². The number of hydrogen-bond acceptors (Lipinski definition) is 5. The summed E-state index contributed by atoms with van der Waals surface area (Å²) >= 11 is 6.84. The lowest BCUT2D eigenvalue weighted by Crippen LogP contribution is -2.36. The number of thioether (sulfide) groups is 1. The van der Waals surface area contributed by atoms with Gasteiger partial charge in [0.25, 0.3) is 5.91 Å². The van der Waals surface area contributed by atoms with Crippen molar-refractivity contribution in [1.82, 2.24) is 14.7 Å². The minimum Gasteiger partial charge on any atom is -0.489 e. The van der Waals surface area contributed by atoms with Crippen LogP contribution in [0, 0.1) is 5.82 Å². The zero-order valence-electron chi connectivity index (χ0n) is 21.0. The normalized spacial score (nSPS) is 15.3. The first-order valence-corrected chi connectivity index (χ1v) is 13.5. The first-order chi connectivity index (χ1) is 18.4. The van der Waals surface area contributed by atoms with E-state index in [1.165, 1.54) is 23.9 Å². The Balaban J connectivity index is 1.45. The molecule has 4 aromatic rings. The fourth-order valence-corrected chi connectivity index (χ4v) is 5.52. The highest BCUT2D eigenvalue weighted by atomic mass is 32.2. The molecular formula is C30H26FN3O2S2. The van der Waals surface area contributed by atoms with Crippen molar-refractivity contribution in [3.63, 3.8) is 0 Å². The van der Waals surface area contributed by atoms with Gasteiger partial charge < -0.3 is 4.74 Å². The van der Waals surface area contributed by atoms with Crippen molar-refractivity contribution in [2.24, 2.45) is 0 Å². The van der Waals surface area contributed by atoms with Gasteiger partial charge in [-0.15, -0.1) is 0 Å². The van der Waals surface area contributed by atoms with Crippen molar-refractivity contribution in [2.75, 3.05) is 0 Å². The van der Waals surface area contributed by atoms with Crippen LogP contribution in [0.4, 0.5) is 4.39 Å². The summed E-state index contributed by atoms with van der Waals surface area (Å²) in [7, 11) is 0. The zero-order chi connectivity index (χ0) is 26.6. The van der Waals surface area contributed by atoms with Gasteiger partial charge in [0.1, 0.15) is 22.5 Å². The Morgan fingerprint density at radius 1 is 1.05 bits per heavy atom. The van der Waals surface area contributed by atoms with Gasteiger partial charge in [0, 0.05) is 23.4 Å². The number of carbonyl (C=O) groups excluding carboxylic acids is 1. The van der Waals surface area contributed by atoms with Crippen LogP contribution >= 0.6 is 24.0 Å². The molecule has 1 amide bonds. The van der Waals surface area contributed by atoms with Gasteiger partial charge >= 0.3 is 0 Å². The Bertz CT molecular complexity index is 1480. The van der Waals surface area contributed by atoms with Crippen molar-refractivity contribution in [1.29, 1.82) is 0 Å². The number of thiocarbonyl (C=S) groups is 1. The Labute approximate surface area is 230 Å². The summed E-state index contributed by atoms with van der Waals surface area (Å²) in [4.78, 5) is 15.5. The van der Waals surface area contributed by atoms with Gasteiger partial charge in [0.15, 0.2) is 0 Å². The van der Waals surface area contributed by atoms with E-state index in [1.807, 2.05) is 85.4 Å². The van der Waals surface area contributed by atoms with Gasteiger partial charge in [-0.05, 0) is 73.5 Å². The highest BCUT2D eigenvalue weighted by Gasteiger charge is 2.35. The van der Waals surface area contributed by atoms with Crippen LogP contribution in [0.25, 0.3) is 23.0 Å². The zero-order valence-corrected chi connectivity index (χ0v) is 22.6. The van der Waals surface area contributed by atoms with E-state index in [0.717, 1.165) is 34.5 Å². The molecule has 192 valence electrons. The summed E-state index contributed by atoms with van der Waals surface area (Å²) in [6.07, 6.45) is 4.63. The molecule has 0 unspecified atom stereocenters. The molecule has 1 saturated heterocycles. The third kappa shape index (κ3) is 5.56. The molecule has 1 atom stereocenters. The predicted octanol–water partition coefficient (Wildman–Crippen LogP) is 7.26. The summed E-state index contributed by atoms with van der Waals surface area (Å²) in [5.74, 6) is 0.347. The number of ether oxygens (including phenoxy) is 1. The van der Waals surface area contributed by atoms with Crippen LogP contribution in [0.1, 0.15) is 31.4 Å². The van der Waals surface area contributed by atoms with Crippen molar-refractivity contribution in [2.45, 2.75) is 32.9 Å². The number of para-hydroxylation sites is 1. The quantitative estimate of drug-likeness (QED) is 0.173. The first-order valence-electron chi connectivity index (χ1n) is 12.3. The smallest absolute Gasteiger partial charge is 0.266 e. The largest absolute Gasteiger partial charge is 0.489 e. The topological polar surface area (TPSA) is 47.4 Å². The predicted molar refractivity (Wildman–Crippen MR) is 154 cm³/mol. The first kappa shape index (κ1) is 25.9. The van der Waals surface area contributed by atoms with Gasteiger partial charge in [0.2, 0.25) is 0 Å². The van der Waals surface area contributed by atoms with E-state index >= 15 is 0 Å². The number of benzene rings is 3. The van der Waals surface area contributed by atoms with Crippen molar-refractivity contribution < 1.29 is 13.9 Å². The van der Waals surface area contributed by atoms with Crippen molar-refractivity contribution >= 4 is 40.3 Å². The molecule has 8 heteroatoms. The van der Waals surface area contributed by atoms with Crippen LogP contribution in [0.5, 0.6) is 5.75 Å². The second-order valence-corrected chi connectivity index (χ2v) is 10.6. The second kappa shape index (κ2) is 11.3. The summed E-state index contributed by atoms with van der Waals surface area (Å²) < 4.78 is 21.4. The number of amides is 1. The summed E-state index contributed by atoms with van der Waals surface area (Å²) in [5.41, 5.74) is 4.25. The maximum absolute atomic E-state index is 13.2. The molecule has 1 aliphatic rings. The second-order valence-electron chi connectivity index (χ2n) is 8.96. The molecule has 1 aromatic heterocycles. The molecule has 1 aliphatic heterocycles. The number of halogens is 1. The molecule has 2 heterocycles. The Morgan fingerprint density at radius 3 is 2.45 bits per heavy atom. The van der Waals surface area contributed by atoms with E-state index in [2.05, 4.69) is 0 Å². The SMILES string of the molecule is CC[C@H](C)N1C(=O)/C(=C/c2cn(-c3ccccc3)nc2-c2ccc(OCc3ccc(F)cc3)cc2)SC1=S. The lowest BCUT2D eigenvalue weighted by atomic mass is 10.1. The molecule has 0 saturated carbocycles. The monoisotopic (exact) mass is 543 g/mol. The summed E-state index contributed by atoms with van der Waals surface area (Å²) in [6.45, 7) is 4.39. The van der Waals surface area contributed by atoms with Gasteiger partial charge in [-0.3, -0.25) is 9.69 Å². The Morgan fingerprint density at radius 2 is 1.76 bits per heavy atom. The van der Waals surface area contributed by atoms with Crippen molar-refractivity contribution in [3.8, 4) is 22.7 Å². The molecule has 1 fully saturated rings. The lowest BCUT2D eigenvalue weighted by Gasteiger charge is -2.21. The highest BCUT2D eigenvalue weighted by Crippen LogP contribution is 2.36. The van der Waals surface area contributed by atoms with E-state index in [0.29, 0.717) is 21.6 Å². The number of nitrogens with zero attached hydrogens (tertiary/aromatic N) is 3. The molecule has 38 heavy (non-hydrogen) atoms. The average molecular weight is 544 g/mol. The van der Waals surface area contributed by atoms with Crippen LogP contribution in [0.15, 0.2) is 90.0 Å². The molecule has 3 aromatic carbocycles. The van der Waals surface area contributed by atoms with E-state index < -0.39 is 0 Å². The standard InChI is InChI=1S/C30H26FN3O2S2/c1-3-20(2)34-29(35)27(38-30(34)37)17-23-18-33(25-7-5-4-6-8-25)32-28(23)22-11-15-26(16-12-22)36-19-21-9-13-24(31)14-10-21/h4-18,20H,3,19H2,1-2H3/b27-17-/t20-/m0/s1. The molecule has 0 bridgehead atoms. The summed E-state index contributed by atoms with van der Waals surface area (Å²) in [6, 6.07) is 23.8. The highest BCUT2D eigenvalue weighted by molar-refractivity contribution is 8.26. The minimum atomic E-state index is -0.272. The van der Waals surface area contributed by atoms with Gasteiger partial charge in [-0.1, -0.05) is 61.2 Å². The third-order valence-electron chi connectivity index (χ3n) is 6.35. The fraction of sp³-hybridized carbons (Fsp3) is 0.167. The molecule has 0 aliphatic carbocycles. The molecule has 5 nitrogen and oxygen atoms in total. The van der Waals surface area contributed by atoms with Gasteiger partial charge in [0.05, 0.1) is 16.3 Å². The number of hydrogen-bond donors (Lipinski definition) is 0.